The highest BCUT2D eigenvalue weighted by Crippen LogP contribution is 2.31. The van der Waals surface area contributed by atoms with Crippen molar-refractivity contribution in [2.75, 3.05) is 0 Å². The minimum atomic E-state index is -0.0183. The van der Waals surface area contributed by atoms with Gasteiger partial charge in [0, 0.05) is 0 Å². The summed E-state index contributed by atoms with van der Waals surface area (Å²) in [5.41, 5.74) is 1.30. The van der Waals surface area contributed by atoms with Crippen molar-refractivity contribution in [1.82, 2.24) is 0 Å². The number of rotatable bonds is 3. The van der Waals surface area contributed by atoms with Crippen LogP contribution in [0.3, 0.4) is 0 Å². The zero-order valence-corrected chi connectivity index (χ0v) is 9.85. The molecule has 2 rings (SSSR count). The average molecular weight is 218 g/mol. The van der Waals surface area contributed by atoms with Gasteiger partial charge in [-0.05, 0) is 31.2 Å². The first-order valence-electron chi connectivity index (χ1n) is 5.92. The van der Waals surface area contributed by atoms with Gasteiger partial charge < -0.3 is 4.74 Å². The Kier molecular flexibility index (Phi) is 3.28. The molecule has 1 heterocycles. The van der Waals surface area contributed by atoms with Gasteiger partial charge in [0.2, 0.25) is 0 Å². The zero-order chi connectivity index (χ0) is 11.5. The summed E-state index contributed by atoms with van der Waals surface area (Å²) in [7, 11) is 0. The van der Waals surface area contributed by atoms with E-state index in [1.54, 1.807) is 0 Å². The summed E-state index contributed by atoms with van der Waals surface area (Å²) in [4.78, 5) is 11.5. The monoisotopic (exact) mass is 218 g/mol. The summed E-state index contributed by atoms with van der Waals surface area (Å²) >= 11 is 0. The Bertz CT molecular complexity index is 358. The lowest BCUT2D eigenvalue weighted by Crippen LogP contribution is -2.10. The summed E-state index contributed by atoms with van der Waals surface area (Å²) in [6, 6.07) is 10.3. The predicted octanol–water partition coefficient (Wildman–Crippen LogP) is 3.13. The van der Waals surface area contributed by atoms with E-state index in [1.807, 2.05) is 25.1 Å². The van der Waals surface area contributed by atoms with Gasteiger partial charge in [0.05, 0.1) is 12.0 Å². The van der Waals surface area contributed by atoms with E-state index in [1.165, 1.54) is 5.56 Å². The summed E-state index contributed by atoms with van der Waals surface area (Å²) in [5, 5.41) is 0. The number of carbonyl (C=O) groups is 1. The van der Waals surface area contributed by atoms with Crippen molar-refractivity contribution in [3.8, 4) is 0 Å². The molecule has 1 aliphatic heterocycles. The first-order valence-corrected chi connectivity index (χ1v) is 5.92. The summed E-state index contributed by atoms with van der Waals surface area (Å²) in [5.74, 6) is 0.490. The van der Waals surface area contributed by atoms with Gasteiger partial charge in [-0.3, -0.25) is 4.79 Å². The second-order valence-electron chi connectivity index (χ2n) is 4.73. The van der Waals surface area contributed by atoms with E-state index in [0.29, 0.717) is 5.92 Å². The Labute approximate surface area is 96.6 Å². The Morgan fingerprint density at radius 2 is 2.06 bits per heavy atom. The Hall–Kier alpha value is -1.31. The fraction of sp³-hybridized carbons (Fsp3) is 0.500. The van der Waals surface area contributed by atoms with E-state index < -0.39 is 0 Å². The van der Waals surface area contributed by atoms with Gasteiger partial charge in [-0.2, -0.15) is 0 Å². The van der Waals surface area contributed by atoms with Crippen molar-refractivity contribution in [3.63, 3.8) is 0 Å². The van der Waals surface area contributed by atoms with Crippen molar-refractivity contribution in [2.45, 2.75) is 38.7 Å². The van der Waals surface area contributed by atoms with Gasteiger partial charge in [-0.25, -0.2) is 0 Å². The van der Waals surface area contributed by atoms with E-state index in [4.69, 9.17) is 4.74 Å². The second kappa shape index (κ2) is 4.69. The van der Waals surface area contributed by atoms with E-state index in [0.717, 1.165) is 12.8 Å². The predicted molar refractivity (Wildman–Crippen MR) is 63.1 cm³/mol. The van der Waals surface area contributed by atoms with Crippen molar-refractivity contribution < 1.29 is 9.53 Å². The molecule has 0 aliphatic carbocycles. The lowest BCUT2D eigenvalue weighted by atomic mass is 9.89. The molecule has 0 amide bonds. The molecule has 1 saturated heterocycles. The summed E-state index contributed by atoms with van der Waals surface area (Å²) < 4.78 is 5.17. The average Bonchev–Trinajstić information content (AvgIpc) is 2.59. The Morgan fingerprint density at radius 1 is 1.38 bits per heavy atom. The molecule has 86 valence electrons. The molecule has 2 nitrogen and oxygen atoms in total. The van der Waals surface area contributed by atoms with Gasteiger partial charge in [0.25, 0.3) is 0 Å². The molecule has 1 aliphatic rings. The van der Waals surface area contributed by atoms with E-state index in [9.17, 15) is 4.79 Å². The summed E-state index contributed by atoms with van der Waals surface area (Å²) in [6.45, 7) is 4.14. The van der Waals surface area contributed by atoms with Crippen molar-refractivity contribution in [3.05, 3.63) is 35.9 Å². The normalized spacial score (nSPS) is 26.5. The van der Waals surface area contributed by atoms with E-state index >= 15 is 0 Å². The fourth-order valence-corrected chi connectivity index (χ4v) is 2.38. The van der Waals surface area contributed by atoms with Crippen LogP contribution in [0, 0.1) is 5.92 Å². The molecule has 0 spiro atoms. The molecular weight excluding hydrogens is 200 g/mol. The maximum absolute atomic E-state index is 11.5. The number of carbonyl (C=O) groups excluding carboxylic acids is 1. The molecule has 0 N–H and O–H groups in total. The van der Waals surface area contributed by atoms with E-state index in [2.05, 4.69) is 19.1 Å². The van der Waals surface area contributed by atoms with Crippen molar-refractivity contribution in [1.29, 1.82) is 0 Å². The quantitative estimate of drug-likeness (QED) is 0.728. The molecule has 1 fully saturated rings. The third-order valence-electron chi connectivity index (χ3n) is 3.27. The van der Waals surface area contributed by atoms with Crippen LogP contribution < -0.4 is 0 Å². The van der Waals surface area contributed by atoms with Gasteiger partial charge in [-0.1, -0.05) is 37.3 Å². The van der Waals surface area contributed by atoms with Crippen LogP contribution in [-0.4, -0.2) is 12.1 Å². The minimum absolute atomic E-state index is 0.0183. The number of ether oxygens (including phenoxy) is 1. The fourth-order valence-electron chi connectivity index (χ4n) is 2.38. The number of cyclic esters (lactones) is 1. The smallest absolute Gasteiger partial charge is 0.309 e. The molecule has 0 radical (unpaired) electrons. The van der Waals surface area contributed by atoms with Crippen LogP contribution in [0.2, 0.25) is 0 Å². The maximum Gasteiger partial charge on any atom is 0.309 e. The minimum Gasteiger partial charge on any atom is -0.462 e. The highest BCUT2D eigenvalue weighted by molar-refractivity contribution is 5.74. The highest BCUT2D eigenvalue weighted by atomic mass is 16.5. The van der Waals surface area contributed by atoms with Crippen LogP contribution in [0.5, 0.6) is 0 Å². The number of hydrogen-bond donors (Lipinski definition) is 0. The van der Waals surface area contributed by atoms with Crippen molar-refractivity contribution >= 4 is 5.97 Å². The molecule has 0 saturated carbocycles. The second-order valence-corrected chi connectivity index (χ2v) is 4.73. The lowest BCUT2D eigenvalue weighted by molar-refractivity contribution is -0.144. The third-order valence-corrected chi connectivity index (χ3v) is 3.27. The molecule has 0 bridgehead atoms. The Balaban J connectivity index is 1.98. The standard InChI is InChI=1S/C14H18O2/c1-10(12-6-4-3-5-7-12)8-13-9-11(2)16-14(13)15/h3-7,10-11,13H,8-9H2,1-2H3. The molecule has 3 atom stereocenters. The van der Waals surface area contributed by atoms with Crippen LogP contribution >= 0.6 is 0 Å². The third kappa shape index (κ3) is 2.43. The van der Waals surface area contributed by atoms with Gasteiger partial charge >= 0.3 is 5.97 Å². The first kappa shape index (κ1) is 11.2. The van der Waals surface area contributed by atoms with Gasteiger partial charge in [-0.15, -0.1) is 0 Å². The van der Waals surface area contributed by atoms with Crippen LogP contribution in [-0.2, 0) is 9.53 Å². The van der Waals surface area contributed by atoms with Crippen LogP contribution in [0.4, 0.5) is 0 Å². The largest absolute Gasteiger partial charge is 0.462 e. The first-order chi connectivity index (χ1) is 7.66. The molecule has 1 aromatic rings. The number of hydrogen-bond acceptors (Lipinski definition) is 2. The molecule has 2 heteroatoms. The lowest BCUT2D eigenvalue weighted by Gasteiger charge is -2.14. The molecule has 1 aromatic carbocycles. The SMILES string of the molecule is CC1CC(CC(C)c2ccccc2)C(=O)O1. The zero-order valence-electron chi connectivity index (χ0n) is 9.85. The molecular formula is C14H18O2. The maximum atomic E-state index is 11.5. The van der Waals surface area contributed by atoms with Gasteiger partial charge in [0.15, 0.2) is 0 Å². The Morgan fingerprint density at radius 3 is 2.62 bits per heavy atom. The number of esters is 1. The van der Waals surface area contributed by atoms with Gasteiger partial charge in [0.1, 0.15) is 0 Å². The summed E-state index contributed by atoms with van der Waals surface area (Å²) in [6.07, 6.45) is 1.86. The van der Waals surface area contributed by atoms with Crippen LogP contribution in [0.15, 0.2) is 30.3 Å². The number of benzene rings is 1. The molecule has 0 aromatic heterocycles. The molecule has 3 unspecified atom stereocenters. The van der Waals surface area contributed by atoms with Crippen molar-refractivity contribution in [2.24, 2.45) is 5.92 Å². The van der Waals surface area contributed by atoms with Crippen LogP contribution in [0.25, 0.3) is 0 Å². The highest BCUT2D eigenvalue weighted by Gasteiger charge is 2.32. The van der Waals surface area contributed by atoms with Crippen LogP contribution in [0.1, 0.15) is 38.2 Å². The molecule has 16 heavy (non-hydrogen) atoms. The van der Waals surface area contributed by atoms with E-state index in [-0.39, 0.29) is 18.0 Å². The topological polar surface area (TPSA) is 26.3 Å².